The first-order chi connectivity index (χ1) is 12.7. The van der Waals surface area contributed by atoms with Crippen LogP contribution in [0.15, 0.2) is 54.6 Å². The van der Waals surface area contributed by atoms with E-state index in [0.29, 0.717) is 34.1 Å². The van der Waals surface area contributed by atoms with Gasteiger partial charge in [0.15, 0.2) is 0 Å². The van der Waals surface area contributed by atoms with Crippen LogP contribution in [0.3, 0.4) is 0 Å². The zero-order valence-electron chi connectivity index (χ0n) is 14.0. The van der Waals surface area contributed by atoms with E-state index in [1.54, 1.807) is 36.4 Å². The normalized spacial score (nSPS) is 10.2. The van der Waals surface area contributed by atoms with Crippen LogP contribution in [-0.4, -0.2) is 21.5 Å². The first-order valence-electron chi connectivity index (χ1n) is 8.01. The van der Waals surface area contributed by atoms with E-state index in [2.05, 4.69) is 25.5 Å². The molecule has 7 nitrogen and oxygen atoms in total. The van der Waals surface area contributed by atoms with Crippen molar-refractivity contribution in [2.24, 2.45) is 0 Å². The molecule has 0 fully saturated rings. The van der Waals surface area contributed by atoms with Crippen molar-refractivity contribution in [3.05, 3.63) is 65.2 Å². The van der Waals surface area contributed by atoms with Gasteiger partial charge in [-0.3, -0.25) is 4.79 Å². The third kappa shape index (κ3) is 4.42. The van der Waals surface area contributed by atoms with Crippen LogP contribution in [-0.2, 0) is 6.42 Å². The van der Waals surface area contributed by atoms with Crippen molar-refractivity contribution in [2.45, 2.75) is 13.3 Å². The Morgan fingerprint density at radius 1 is 0.923 bits per heavy atom. The van der Waals surface area contributed by atoms with Crippen LogP contribution in [0.2, 0.25) is 0 Å². The Morgan fingerprint density at radius 3 is 2.31 bits per heavy atom. The number of benzene rings is 2. The zero-order chi connectivity index (χ0) is 18.4. The second kappa shape index (κ2) is 8.21. The summed E-state index contributed by atoms with van der Waals surface area (Å²) in [5.41, 5.74) is 2.50. The standard InChI is InChI=1S/C18H17N5O2S/c1-2-15-16(26-23-22-15)17(24)19-13-9-6-10-14(11-13)21-18(25)20-12-7-4-3-5-8-12/h3-11H,2H2,1H3,(H,19,24)(H2,20,21,25). The monoisotopic (exact) mass is 367 g/mol. The fourth-order valence-corrected chi connectivity index (χ4v) is 2.94. The quantitative estimate of drug-likeness (QED) is 0.635. The highest BCUT2D eigenvalue weighted by atomic mass is 32.1. The first kappa shape index (κ1) is 17.6. The molecular weight excluding hydrogens is 350 g/mol. The Balaban J connectivity index is 1.64. The zero-order valence-corrected chi connectivity index (χ0v) is 14.8. The van der Waals surface area contributed by atoms with Gasteiger partial charge < -0.3 is 16.0 Å². The lowest BCUT2D eigenvalue weighted by Gasteiger charge is -2.09. The molecule has 0 aliphatic heterocycles. The molecule has 0 unspecified atom stereocenters. The topological polar surface area (TPSA) is 96.0 Å². The molecule has 3 amide bonds. The molecule has 0 spiro atoms. The minimum absolute atomic E-state index is 0.261. The molecule has 26 heavy (non-hydrogen) atoms. The van der Waals surface area contributed by atoms with Crippen LogP contribution >= 0.6 is 11.5 Å². The van der Waals surface area contributed by atoms with Crippen LogP contribution in [0.25, 0.3) is 0 Å². The summed E-state index contributed by atoms with van der Waals surface area (Å²) in [5, 5.41) is 12.2. The summed E-state index contributed by atoms with van der Waals surface area (Å²) in [6, 6.07) is 15.7. The van der Waals surface area contributed by atoms with Gasteiger partial charge in [0, 0.05) is 17.1 Å². The van der Waals surface area contributed by atoms with Crippen molar-refractivity contribution in [3.8, 4) is 0 Å². The SMILES string of the molecule is CCc1nnsc1C(=O)Nc1cccc(NC(=O)Nc2ccccc2)c1. The maximum absolute atomic E-state index is 12.3. The van der Waals surface area contributed by atoms with E-state index in [0.717, 1.165) is 11.5 Å². The summed E-state index contributed by atoms with van der Waals surface area (Å²) in [6.07, 6.45) is 0.639. The first-order valence-corrected chi connectivity index (χ1v) is 8.78. The Bertz CT molecular complexity index is 911. The number of aromatic nitrogens is 2. The van der Waals surface area contributed by atoms with Crippen molar-refractivity contribution in [2.75, 3.05) is 16.0 Å². The Kier molecular flexibility index (Phi) is 5.55. The summed E-state index contributed by atoms with van der Waals surface area (Å²) in [6.45, 7) is 1.92. The van der Waals surface area contributed by atoms with Crippen LogP contribution < -0.4 is 16.0 Å². The van der Waals surface area contributed by atoms with Gasteiger partial charge in [0.05, 0.1) is 5.69 Å². The number of carbonyl (C=O) groups excluding carboxylic acids is 2. The molecular formula is C18H17N5O2S. The van der Waals surface area contributed by atoms with Gasteiger partial charge >= 0.3 is 6.03 Å². The fraction of sp³-hybridized carbons (Fsp3) is 0.111. The summed E-state index contributed by atoms with van der Waals surface area (Å²) < 4.78 is 3.82. The second-order valence-corrected chi connectivity index (χ2v) is 6.14. The number of anilines is 3. The lowest BCUT2D eigenvalue weighted by atomic mass is 10.2. The lowest BCUT2D eigenvalue weighted by molar-refractivity contribution is 0.102. The lowest BCUT2D eigenvalue weighted by Crippen LogP contribution is -2.19. The number of amides is 3. The second-order valence-electron chi connectivity index (χ2n) is 5.38. The summed E-state index contributed by atoms with van der Waals surface area (Å²) in [4.78, 5) is 24.9. The van der Waals surface area contributed by atoms with Gasteiger partial charge in [-0.1, -0.05) is 35.7 Å². The number of urea groups is 1. The van der Waals surface area contributed by atoms with Crippen molar-refractivity contribution in [3.63, 3.8) is 0 Å². The van der Waals surface area contributed by atoms with Crippen LogP contribution in [0.4, 0.5) is 21.9 Å². The van der Waals surface area contributed by atoms with E-state index >= 15 is 0 Å². The largest absolute Gasteiger partial charge is 0.323 e. The van der Waals surface area contributed by atoms with Crippen LogP contribution in [0.5, 0.6) is 0 Å². The Labute approximate surface area is 154 Å². The number of nitrogens with one attached hydrogen (secondary N) is 3. The minimum atomic E-state index is -0.361. The minimum Gasteiger partial charge on any atom is -0.321 e. The third-order valence-electron chi connectivity index (χ3n) is 3.51. The third-order valence-corrected chi connectivity index (χ3v) is 4.27. The van der Waals surface area contributed by atoms with Crippen LogP contribution in [0.1, 0.15) is 22.3 Å². The molecule has 0 radical (unpaired) electrons. The van der Waals surface area contributed by atoms with Gasteiger partial charge in [0.1, 0.15) is 4.88 Å². The predicted molar refractivity (Wildman–Crippen MR) is 103 cm³/mol. The van der Waals surface area contributed by atoms with Gasteiger partial charge in [-0.15, -0.1) is 5.10 Å². The molecule has 132 valence electrons. The highest BCUT2D eigenvalue weighted by Gasteiger charge is 2.15. The van der Waals surface area contributed by atoms with E-state index in [9.17, 15) is 9.59 Å². The molecule has 0 saturated heterocycles. The molecule has 3 N–H and O–H groups in total. The summed E-state index contributed by atoms with van der Waals surface area (Å²) in [7, 11) is 0. The van der Waals surface area contributed by atoms with Gasteiger partial charge in [-0.05, 0) is 48.3 Å². The van der Waals surface area contributed by atoms with E-state index in [-0.39, 0.29) is 11.9 Å². The molecule has 3 rings (SSSR count). The Morgan fingerprint density at radius 2 is 1.58 bits per heavy atom. The number of carbonyl (C=O) groups is 2. The number of hydrogen-bond acceptors (Lipinski definition) is 5. The maximum Gasteiger partial charge on any atom is 0.323 e. The molecule has 0 saturated carbocycles. The number of aryl methyl sites for hydroxylation is 1. The van der Waals surface area contributed by atoms with E-state index in [1.165, 1.54) is 0 Å². The van der Waals surface area contributed by atoms with E-state index < -0.39 is 0 Å². The van der Waals surface area contributed by atoms with E-state index in [1.807, 2.05) is 25.1 Å². The Hall–Kier alpha value is -3.26. The van der Waals surface area contributed by atoms with Gasteiger partial charge in [-0.25, -0.2) is 4.79 Å². The van der Waals surface area contributed by atoms with Crippen molar-refractivity contribution in [1.82, 2.24) is 9.59 Å². The van der Waals surface area contributed by atoms with E-state index in [4.69, 9.17) is 0 Å². The van der Waals surface area contributed by atoms with Crippen LogP contribution in [0, 0.1) is 0 Å². The number of nitrogens with zero attached hydrogens (tertiary/aromatic N) is 2. The molecule has 1 heterocycles. The smallest absolute Gasteiger partial charge is 0.321 e. The molecule has 0 atom stereocenters. The van der Waals surface area contributed by atoms with Gasteiger partial charge in [0.25, 0.3) is 5.91 Å². The van der Waals surface area contributed by atoms with Gasteiger partial charge in [-0.2, -0.15) is 0 Å². The molecule has 0 aliphatic carbocycles. The van der Waals surface area contributed by atoms with Crippen molar-refractivity contribution >= 4 is 40.5 Å². The predicted octanol–water partition coefficient (Wildman–Crippen LogP) is 4.00. The average molecular weight is 367 g/mol. The molecule has 3 aromatic rings. The summed E-state index contributed by atoms with van der Waals surface area (Å²) >= 11 is 1.06. The average Bonchev–Trinajstić information content (AvgIpc) is 3.11. The maximum atomic E-state index is 12.3. The van der Waals surface area contributed by atoms with Gasteiger partial charge in [0.2, 0.25) is 0 Å². The molecule has 8 heteroatoms. The number of hydrogen-bond donors (Lipinski definition) is 3. The molecule has 0 aliphatic rings. The highest BCUT2D eigenvalue weighted by Crippen LogP contribution is 2.18. The molecule has 0 bridgehead atoms. The van der Waals surface area contributed by atoms with Crippen molar-refractivity contribution < 1.29 is 9.59 Å². The highest BCUT2D eigenvalue weighted by molar-refractivity contribution is 7.08. The molecule has 2 aromatic carbocycles. The number of para-hydroxylation sites is 1. The number of rotatable bonds is 5. The molecule has 1 aromatic heterocycles. The fourth-order valence-electron chi connectivity index (χ4n) is 2.29. The summed E-state index contributed by atoms with van der Waals surface area (Å²) in [5.74, 6) is -0.261. The van der Waals surface area contributed by atoms with Crippen molar-refractivity contribution in [1.29, 1.82) is 0 Å².